The van der Waals surface area contributed by atoms with E-state index in [1.165, 1.54) is 16.7 Å². The van der Waals surface area contributed by atoms with E-state index in [4.69, 9.17) is 0 Å². The van der Waals surface area contributed by atoms with Crippen molar-refractivity contribution in [1.82, 2.24) is 4.90 Å². The normalized spacial score (nSPS) is 27.3. The summed E-state index contributed by atoms with van der Waals surface area (Å²) in [5.74, 6) is 0.848. The zero-order chi connectivity index (χ0) is 17.6. The van der Waals surface area contributed by atoms with E-state index in [9.17, 15) is 5.11 Å². The first-order valence-corrected chi connectivity index (χ1v) is 9.77. The number of aromatic hydroxyl groups is 1. The van der Waals surface area contributed by atoms with E-state index in [-0.39, 0.29) is 17.8 Å². The third-order valence-electron chi connectivity index (χ3n) is 6.28. The molecule has 0 aromatic heterocycles. The summed E-state index contributed by atoms with van der Waals surface area (Å²) in [5.41, 5.74) is 4.04. The lowest BCUT2D eigenvalue weighted by Crippen LogP contribution is -2.59. The number of hydrogen-bond donors (Lipinski definition) is 1. The van der Waals surface area contributed by atoms with Gasteiger partial charge in [0, 0.05) is 29.0 Å². The fourth-order valence-corrected chi connectivity index (χ4v) is 5.46. The number of piperidine rings is 1. The summed E-state index contributed by atoms with van der Waals surface area (Å²) in [6.07, 6.45) is 2.09. The Morgan fingerprint density at radius 2 is 2.00 bits per heavy atom. The van der Waals surface area contributed by atoms with Gasteiger partial charge in [-0.3, -0.25) is 4.90 Å². The van der Waals surface area contributed by atoms with Crippen LogP contribution < -0.4 is 0 Å². The van der Waals surface area contributed by atoms with Gasteiger partial charge < -0.3 is 5.11 Å². The number of phenols is 1. The van der Waals surface area contributed by atoms with Crippen LogP contribution in [0.15, 0.2) is 59.6 Å². The van der Waals surface area contributed by atoms with Crippen molar-refractivity contribution >= 4 is 28.3 Å². The molecule has 1 fully saturated rings. The average molecular weight is 435 g/mol. The Labute approximate surface area is 170 Å². The van der Waals surface area contributed by atoms with E-state index >= 15 is 0 Å². The molecule has 1 saturated heterocycles. The van der Waals surface area contributed by atoms with E-state index in [0.717, 1.165) is 30.4 Å². The van der Waals surface area contributed by atoms with Crippen LogP contribution in [0.2, 0.25) is 0 Å². The summed E-state index contributed by atoms with van der Waals surface area (Å²) in [5, 5.41) is 10.2. The Morgan fingerprint density at radius 3 is 2.69 bits per heavy atom. The number of rotatable bonds is 3. The number of nitrogens with zero attached hydrogens (tertiary/aromatic N) is 1. The molecule has 2 nitrogen and oxygen atoms in total. The van der Waals surface area contributed by atoms with Crippen LogP contribution >= 0.6 is 28.3 Å². The second kappa shape index (κ2) is 7.38. The highest BCUT2D eigenvalue weighted by atomic mass is 79.9. The third-order valence-corrected chi connectivity index (χ3v) is 6.53. The molecule has 4 heteroatoms. The number of hydrogen-bond acceptors (Lipinski definition) is 2. The van der Waals surface area contributed by atoms with Crippen molar-refractivity contribution in [2.75, 3.05) is 13.1 Å². The van der Waals surface area contributed by atoms with Crippen LogP contribution in [0.25, 0.3) is 0 Å². The van der Waals surface area contributed by atoms with E-state index in [1.807, 2.05) is 12.1 Å². The van der Waals surface area contributed by atoms with Crippen LogP contribution in [-0.4, -0.2) is 29.1 Å². The monoisotopic (exact) mass is 433 g/mol. The molecule has 2 aromatic carbocycles. The second-order valence-electron chi connectivity index (χ2n) is 7.48. The van der Waals surface area contributed by atoms with Crippen LogP contribution in [0.5, 0.6) is 5.75 Å². The first-order valence-electron chi connectivity index (χ1n) is 8.97. The molecule has 2 aliphatic rings. The molecule has 0 radical (unpaired) electrons. The first kappa shape index (κ1) is 19.5. The highest BCUT2D eigenvalue weighted by molar-refractivity contribution is 9.11. The van der Waals surface area contributed by atoms with E-state index in [2.05, 4.69) is 70.7 Å². The molecular formula is C22H25BrClNO. The molecule has 3 unspecified atom stereocenters. The smallest absolute Gasteiger partial charge is 0.115 e. The second-order valence-corrected chi connectivity index (χ2v) is 8.60. The Balaban J connectivity index is 0.00000196. The van der Waals surface area contributed by atoms with Gasteiger partial charge in [0.05, 0.1) is 0 Å². The maximum Gasteiger partial charge on any atom is 0.115 e. The fraction of sp³-hybridized carbons (Fsp3) is 0.364. The highest BCUT2D eigenvalue weighted by Crippen LogP contribution is 2.53. The zero-order valence-electron chi connectivity index (χ0n) is 15.0. The molecule has 0 amide bonds. The topological polar surface area (TPSA) is 23.5 Å². The Morgan fingerprint density at radius 1 is 1.27 bits per heavy atom. The minimum Gasteiger partial charge on any atom is -0.508 e. The van der Waals surface area contributed by atoms with Gasteiger partial charge in [-0.1, -0.05) is 65.8 Å². The van der Waals surface area contributed by atoms with Crippen LogP contribution in [-0.2, 0) is 11.8 Å². The van der Waals surface area contributed by atoms with Gasteiger partial charge in [-0.15, -0.1) is 12.4 Å². The Kier molecular flexibility index (Phi) is 5.53. The highest BCUT2D eigenvalue weighted by Gasteiger charge is 2.52. The number of phenolic OH excluding ortho intramolecular Hbond substituents is 1. The van der Waals surface area contributed by atoms with Crippen LogP contribution in [0.3, 0.4) is 0 Å². The molecule has 0 saturated carbocycles. The van der Waals surface area contributed by atoms with Gasteiger partial charge in [-0.05, 0) is 47.6 Å². The lowest BCUT2D eigenvalue weighted by molar-refractivity contribution is 0.0494. The zero-order valence-corrected chi connectivity index (χ0v) is 17.4. The quantitative estimate of drug-likeness (QED) is 0.711. The van der Waals surface area contributed by atoms with Gasteiger partial charge in [-0.2, -0.15) is 0 Å². The molecular weight excluding hydrogens is 410 g/mol. The molecule has 1 aliphatic heterocycles. The number of benzene rings is 2. The van der Waals surface area contributed by atoms with E-state index < -0.39 is 0 Å². The van der Waals surface area contributed by atoms with Gasteiger partial charge in [-0.25, -0.2) is 0 Å². The largest absolute Gasteiger partial charge is 0.508 e. The molecule has 138 valence electrons. The van der Waals surface area contributed by atoms with Gasteiger partial charge in [0.1, 0.15) is 5.75 Å². The first-order chi connectivity index (χ1) is 12.0. The molecule has 1 aliphatic carbocycles. The predicted octanol–water partition coefficient (Wildman–Crippen LogP) is 5.28. The predicted molar refractivity (Wildman–Crippen MR) is 113 cm³/mol. The number of halogens is 2. The summed E-state index contributed by atoms with van der Waals surface area (Å²) in [7, 11) is 0. The fourth-order valence-electron chi connectivity index (χ4n) is 5.14. The summed E-state index contributed by atoms with van der Waals surface area (Å²) in [6.45, 7) is 8.38. The standard InChI is InChI=1S/C22H24BrNO.ClH/c1-15(23)14-24-11-10-22(18-6-4-3-5-7-18)16(2)21(24)12-17-8-9-19(25)13-20(17)22;/h3-9,13,16,21,25H,1,10-12,14H2,2H3;1H. The average Bonchev–Trinajstić information content (AvgIpc) is 2.59. The van der Waals surface area contributed by atoms with Crippen molar-refractivity contribution < 1.29 is 5.11 Å². The van der Waals surface area contributed by atoms with E-state index in [0.29, 0.717) is 17.7 Å². The maximum atomic E-state index is 10.2. The Bertz CT molecular complexity index is 809. The molecule has 2 aromatic rings. The molecule has 3 atom stereocenters. The van der Waals surface area contributed by atoms with Gasteiger partial charge in [0.2, 0.25) is 0 Å². The van der Waals surface area contributed by atoms with Gasteiger partial charge >= 0.3 is 0 Å². The van der Waals surface area contributed by atoms with E-state index in [1.54, 1.807) is 0 Å². The minimum atomic E-state index is -0.0254. The molecule has 0 spiro atoms. The lowest BCUT2D eigenvalue weighted by atomic mass is 9.55. The Hall–Kier alpha value is -1.29. The van der Waals surface area contributed by atoms with Crippen molar-refractivity contribution in [1.29, 1.82) is 0 Å². The SMILES string of the molecule is C=C(Br)CN1CCC2(c3ccccc3)c3cc(O)ccc3CC1C2C.Cl. The van der Waals surface area contributed by atoms with Crippen LogP contribution in [0.1, 0.15) is 30.0 Å². The summed E-state index contributed by atoms with van der Waals surface area (Å²) < 4.78 is 1.04. The van der Waals surface area contributed by atoms with Crippen molar-refractivity contribution in [3.8, 4) is 5.75 Å². The molecule has 1 N–H and O–H groups in total. The van der Waals surface area contributed by atoms with Crippen LogP contribution in [0, 0.1) is 5.92 Å². The van der Waals surface area contributed by atoms with Crippen molar-refractivity contribution in [2.24, 2.45) is 5.92 Å². The number of fused-ring (bicyclic) bond motifs is 4. The van der Waals surface area contributed by atoms with Crippen molar-refractivity contribution in [2.45, 2.75) is 31.2 Å². The molecule has 4 rings (SSSR count). The lowest BCUT2D eigenvalue weighted by Gasteiger charge is -2.56. The summed E-state index contributed by atoms with van der Waals surface area (Å²) in [4.78, 5) is 2.57. The summed E-state index contributed by atoms with van der Waals surface area (Å²) >= 11 is 3.55. The van der Waals surface area contributed by atoms with Gasteiger partial charge in [0.25, 0.3) is 0 Å². The molecule has 1 heterocycles. The summed E-state index contributed by atoms with van der Waals surface area (Å²) in [6, 6.07) is 17.3. The minimum absolute atomic E-state index is 0. The third kappa shape index (κ3) is 3.00. The van der Waals surface area contributed by atoms with Crippen LogP contribution in [0.4, 0.5) is 0 Å². The van der Waals surface area contributed by atoms with Gasteiger partial charge in [0.15, 0.2) is 0 Å². The van der Waals surface area contributed by atoms with Crippen molar-refractivity contribution in [3.63, 3.8) is 0 Å². The maximum absolute atomic E-state index is 10.2. The van der Waals surface area contributed by atoms with Crippen molar-refractivity contribution in [3.05, 3.63) is 76.3 Å². The number of likely N-dealkylation sites (tertiary alicyclic amines) is 1. The molecule has 26 heavy (non-hydrogen) atoms. The molecule has 2 bridgehead atoms.